The summed E-state index contributed by atoms with van der Waals surface area (Å²) in [5.41, 5.74) is 7.55. The van der Waals surface area contributed by atoms with Crippen LogP contribution in [0.4, 0.5) is 0 Å². The van der Waals surface area contributed by atoms with E-state index in [0.717, 1.165) is 77.9 Å². The van der Waals surface area contributed by atoms with E-state index in [-0.39, 0.29) is 0 Å². The third kappa shape index (κ3) is 9.48. The lowest BCUT2D eigenvalue weighted by atomic mass is 9.85. The minimum Gasteiger partial charge on any atom is -0.489 e. The molecule has 0 fully saturated rings. The third-order valence-electron chi connectivity index (χ3n) is 8.99. The van der Waals surface area contributed by atoms with Crippen LogP contribution in [0.15, 0.2) is 107 Å². The lowest BCUT2D eigenvalue weighted by Crippen LogP contribution is -2.41. The predicted octanol–water partition coefficient (Wildman–Crippen LogP) is 10.6. The summed E-state index contributed by atoms with van der Waals surface area (Å²) in [6.07, 6.45) is 12.3. The second-order valence-electron chi connectivity index (χ2n) is 13.5. The third-order valence-corrected chi connectivity index (χ3v) is 11.0. The van der Waals surface area contributed by atoms with Crippen molar-refractivity contribution >= 4 is 9.84 Å². The van der Waals surface area contributed by atoms with Gasteiger partial charge in [-0.3, -0.25) is 0 Å². The minimum atomic E-state index is -3.63. The van der Waals surface area contributed by atoms with Gasteiger partial charge in [0.05, 0.1) is 10.1 Å². The second-order valence-corrected chi connectivity index (χ2v) is 15.6. The molecule has 0 N–H and O–H groups in total. The van der Waals surface area contributed by atoms with Crippen LogP contribution in [0, 0.1) is 13.8 Å². The molecule has 0 aliphatic carbocycles. The molecule has 0 bridgehead atoms. The van der Waals surface area contributed by atoms with Gasteiger partial charge in [-0.05, 0) is 122 Å². The molecular weight excluding hydrogens is 589 g/mol. The van der Waals surface area contributed by atoms with Crippen LogP contribution in [0.3, 0.4) is 0 Å². The molecule has 4 nitrogen and oxygen atoms in total. The summed E-state index contributed by atoms with van der Waals surface area (Å²) in [4.78, 5) is 0.353. The number of hydrogen-bond acceptors (Lipinski definition) is 4. The van der Waals surface area contributed by atoms with Crippen molar-refractivity contribution < 1.29 is 17.9 Å². The molecular formula is C41H52O4S. The van der Waals surface area contributed by atoms with E-state index in [2.05, 4.69) is 78.8 Å². The Hall–Kier alpha value is -3.57. The Morgan fingerprint density at radius 1 is 0.913 bits per heavy atom. The van der Waals surface area contributed by atoms with E-state index in [1.165, 1.54) is 11.1 Å². The van der Waals surface area contributed by atoms with E-state index in [0.29, 0.717) is 17.9 Å². The molecule has 0 spiro atoms. The van der Waals surface area contributed by atoms with Crippen molar-refractivity contribution in [2.75, 3.05) is 0 Å². The van der Waals surface area contributed by atoms with Crippen molar-refractivity contribution in [3.8, 4) is 11.5 Å². The van der Waals surface area contributed by atoms with Gasteiger partial charge >= 0.3 is 0 Å². The van der Waals surface area contributed by atoms with Crippen molar-refractivity contribution in [2.24, 2.45) is 0 Å². The molecule has 1 aliphatic rings. The Morgan fingerprint density at radius 3 is 2.22 bits per heavy atom. The summed E-state index contributed by atoms with van der Waals surface area (Å²) < 4.78 is 41.3. The Labute approximate surface area is 278 Å². The Balaban J connectivity index is 1.54. The second kappa shape index (κ2) is 15.8. The summed E-state index contributed by atoms with van der Waals surface area (Å²) in [5, 5.41) is -0.695. The molecule has 4 rings (SSSR count). The summed E-state index contributed by atoms with van der Waals surface area (Å²) in [6.45, 7) is 15.2. The number of sulfone groups is 1. The van der Waals surface area contributed by atoms with Gasteiger partial charge in [-0.15, -0.1) is 0 Å². The lowest BCUT2D eigenvalue weighted by molar-refractivity contribution is 0.0565. The van der Waals surface area contributed by atoms with Crippen molar-refractivity contribution in [3.63, 3.8) is 0 Å². The number of fused-ring (bicyclic) bond motifs is 1. The van der Waals surface area contributed by atoms with E-state index in [1.807, 2.05) is 30.3 Å². The molecule has 1 unspecified atom stereocenters. The van der Waals surface area contributed by atoms with E-state index < -0.39 is 20.7 Å². The van der Waals surface area contributed by atoms with Crippen molar-refractivity contribution in [3.05, 3.63) is 124 Å². The monoisotopic (exact) mass is 640 g/mol. The molecule has 2 atom stereocenters. The Morgan fingerprint density at radius 2 is 1.54 bits per heavy atom. The highest BCUT2D eigenvalue weighted by molar-refractivity contribution is 7.92. The molecule has 3 aromatic carbocycles. The molecule has 3 aromatic rings. The molecule has 0 saturated carbocycles. The molecule has 0 aromatic heterocycles. The van der Waals surface area contributed by atoms with Gasteiger partial charge in [0.15, 0.2) is 9.84 Å². The molecule has 1 aliphatic heterocycles. The van der Waals surface area contributed by atoms with Crippen LogP contribution in [-0.4, -0.2) is 19.3 Å². The number of ether oxygens (including phenoxy) is 2. The van der Waals surface area contributed by atoms with Gasteiger partial charge in [-0.25, -0.2) is 8.42 Å². The van der Waals surface area contributed by atoms with Crippen LogP contribution in [0.2, 0.25) is 0 Å². The van der Waals surface area contributed by atoms with E-state index in [9.17, 15) is 8.42 Å². The summed E-state index contributed by atoms with van der Waals surface area (Å²) >= 11 is 0. The average Bonchev–Trinajstić information content (AvgIpc) is 3.02. The topological polar surface area (TPSA) is 52.6 Å². The first-order valence-electron chi connectivity index (χ1n) is 16.6. The number of allylic oxidation sites excluding steroid dienone is 5. The average molecular weight is 641 g/mol. The molecule has 5 heteroatoms. The van der Waals surface area contributed by atoms with E-state index in [4.69, 9.17) is 9.47 Å². The van der Waals surface area contributed by atoms with Gasteiger partial charge in [0, 0.05) is 12.0 Å². The maximum atomic E-state index is 14.1. The van der Waals surface area contributed by atoms with Crippen LogP contribution in [0.1, 0.15) is 95.4 Å². The number of benzene rings is 3. The van der Waals surface area contributed by atoms with Crippen molar-refractivity contribution in [2.45, 2.75) is 116 Å². The first-order chi connectivity index (χ1) is 21.9. The van der Waals surface area contributed by atoms with Crippen molar-refractivity contribution in [1.82, 2.24) is 0 Å². The van der Waals surface area contributed by atoms with Gasteiger partial charge in [0.25, 0.3) is 0 Å². The smallest absolute Gasteiger partial charge is 0.184 e. The van der Waals surface area contributed by atoms with Gasteiger partial charge in [0.1, 0.15) is 23.7 Å². The highest BCUT2D eigenvalue weighted by atomic mass is 32.2. The molecule has 0 saturated heterocycles. The van der Waals surface area contributed by atoms with Gasteiger partial charge < -0.3 is 9.47 Å². The summed E-state index contributed by atoms with van der Waals surface area (Å²) in [7, 11) is -3.63. The molecule has 246 valence electrons. The lowest BCUT2D eigenvalue weighted by Gasteiger charge is -2.39. The largest absolute Gasteiger partial charge is 0.489 e. The number of aryl methyl sites for hydroxylation is 1. The Bertz CT molecular complexity index is 1660. The zero-order valence-electron chi connectivity index (χ0n) is 28.9. The maximum Gasteiger partial charge on any atom is 0.184 e. The zero-order valence-corrected chi connectivity index (χ0v) is 29.7. The standard InChI is InChI=1S/C41H52O4S/c1-30(2)16-14-17-31(3)18-15-19-32(4)26-37(46(42,43)36-22-12-9-13-23-36)28-41(7)25-24-38-34(6)39(27-33(5)40(38)45-41)44-29-35-20-10-8-11-21-35/h8-13,16,18,20-23,26-27,37H,14-15,17,19,24-25,28-29H2,1-7H3/b31-18+,32-26+/t37?,41-/m0/s1. The van der Waals surface area contributed by atoms with Crippen LogP contribution < -0.4 is 9.47 Å². The normalized spacial score (nSPS) is 17.5. The first-order valence-corrected chi connectivity index (χ1v) is 18.2. The zero-order chi connectivity index (χ0) is 33.3. The Kier molecular flexibility index (Phi) is 12.1. The molecule has 0 amide bonds. The predicted molar refractivity (Wildman–Crippen MR) is 191 cm³/mol. The SMILES string of the molecule is CC(C)=CCC/C(C)=C/CC/C(C)=C/C(C[C@]1(C)CCc2c(C)c(OCc3ccccc3)cc(C)c2O1)S(=O)(=O)c1ccccc1. The minimum absolute atomic E-state index is 0.353. The number of hydrogen-bond donors (Lipinski definition) is 0. The molecule has 46 heavy (non-hydrogen) atoms. The quantitative estimate of drug-likeness (QED) is 0.165. The number of rotatable bonds is 14. The first kappa shape index (κ1) is 35.3. The van der Waals surface area contributed by atoms with E-state index in [1.54, 1.807) is 24.3 Å². The molecule has 1 heterocycles. The maximum absolute atomic E-state index is 14.1. The summed E-state index contributed by atoms with van der Waals surface area (Å²) in [5.74, 6) is 1.74. The fraction of sp³-hybridized carbons (Fsp3) is 0.415. The highest BCUT2D eigenvalue weighted by Gasteiger charge is 2.39. The van der Waals surface area contributed by atoms with E-state index >= 15 is 0 Å². The summed E-state index contributed by atoms with van der Waals surface area (Å²) in [6, 6.07) is 21.1. The van der Waals surface area contributed by atoms with Gasteiger partial charge in [0.2, 0.25) is 0 Å². The van der Waals surface area contributed by atoms with Gasteiger partial charge in [-0.1, -0.05) is 83.5 Å². The van der Waals surface area contributed by atoms with Crippen LogP contribution >= 0.6 is 0 Å². The van der Waals surface area contributed by atoms with Crippen LogP contribution in [0.5, 0.6) is 11.5 Å². The molecule has 0 radical (unpaired) electrons. The van der Waals surface area contributed by atoms with Gasteiger partial charge in [-0.2, -0.15) is 0 Å². The van der Waals surface area contributed by atoms with Crippen molar-refractivity contribution in [1.29, 1.82) is 0 Å². The van der Waals surface area contributed by atoms with Crippen LogP contribution in [-0.2, 0) is 22.9 Å². The fourth-order valence-electron chi connectivity index (χ4n) is 6.19. The highest BCUT2D eigenvalue weighted by Crippen LogP contribution is 2.43. The fourth-order valence-corrected chi connectivity index (χ4v) is 8.06. The van der Waals surface area contributed by atoms with Crippen LogP contribution in [0.25, 0.3) is 0 Å².